The summed E-state index contributed by atoms with van der Waals surface area (Å²) in [5.74, 6) is 0. The number of allylic oxidation sites excluding steroid dienone is 3. The molecule has 3 N–H and O–H groups in total. The number of hydrogen-bond donors (Lipinski definition) is 3. The summed E-state index contributed by atoms with van der Waals surface area (Å²) in [6.45, 7) is 3.58. The zero-order chi connectivity index (χ0) is 16.7. The summed E-state index contributed by atoms with van der Waals surface area (Å²) in [6.07, 6.45) is 6.01. The third-order valence-corrected chi connectivity index (χ3v) is 6.58. The van der Waals surface area contributed by atoms with Gasteiger partial charge in [0.05, 0.1) is 23.5 Å². The topological polar surface area (TPSA) is 73.5 Å². The van der Waals surface area contributed by atoms with Gasteiger partial charge in [-0.05, 0) is 49.2 Å². The van der Waals surface area contributed by atoms with Crippen molar-refractivity contribution in [3.05, 3.63) is 64.0 Å². The lowest BCUT2D eigenvalue weighted by atomic mass is 9.99. The molecule has 9 heteroatoms. The van der Waals surface area contributed by atoms with Crippen molar-refractivity contribution in [2.75, 3.05) is 11.3 Å². The molecule has 1 aromatic rings. The van der Waals surface area contributed by atoms with Crippen molar-refractivity contribution in [1.82, 2.24) is 14.3 Å². The third-order valence-electron chi connectivity index (χ3n) is 4.28. The molecule has 0 unspecified atom stereocenters. The molecule has 0 spiro atoms. The second kappa shape index (κ2) is 6.95. The zero-order valence-electron chi connectivity index (χ0n) is 13.6. The Morgan fingerprint density at radius 2 is 2.12 bits per heavy atom. The van der Waals surface area contributed by atoms with Crippen LogP contribution in [0.2, 0.25) is 0 Å². The fourth-order valence-corrected chi connectivity index (χ4v) is 5.13. The van der Waals surface area contributed by atoms with Crippen molar-refractivity contribution in [2.45, 2.75) is 19.9 Å². The number of hydrogen-bond acceptors (Lipinski definition) is 6. The molecular formula is C16H19ClN4O2S2. The van der Waals surface area contributed by atoms with Crippen LogP contribution in [0, 0.1) is 0 Å². The summed E-state index contributed by atoms with van der Waals surface area (Å²) in [4.78, 5) is 0.275. The van der Waals surface area contributed by atoms with Crippen molar-refractivity contribution < 1.29 is 8.42 Å². The van der Waals surface area contributed by atoms with E-state index in [2.05, 4.69) is 14.8 Å². The number of rotatable bonds is 3. The zero-order valence-corrected chi connectivity index (χ0v) is 16.0. The van der Waals surface area contributed by atoms with Gasteiger partial charge < -0.3 is 10.0 Å². The maximum atomic E-state index is 13.0. The summed E-state index contributed by atoms with van der Waals surface area (Å²) in [5, 5.41) is 3.31. The van der Waals surface area contributed by atoms with E-state index in [4.69, 9.17) is 0 Å². The molecule has 6 nitrogen and oxygen atoms in total. The summed E-state index contributed by atoms with van der Waals surface area (Å²) in [5.41, 5.74) is 4.53. The van der Waals surface area contributed by atoms with Gasteiger partial charge in [0.2, 0.25) is 0 Å². The minimum absolute atomic E-state index is 0. The predicted octanol–water partition coefficient (Wildman–Crippen LogP) is 2.61. The van der Waals surface area contributed by atoms with Crippen LogP contribution in [0.5, 0.6) is 0 Å². The molecular weight excluding hydrogens is 380 g/mol. The monoisotopic (exact) mass is 398 g/mol. The van der Waals surface area contributed by atoms with Crippen molar-refractivity contribution in [1.29, 1.82) is 0 Å². The lowest BCUT2D eigenvalue weighted by Gasteiger charge is -2.26. The molecule has 0 saturated carbocycles. The van der Waals surface area contributed by atoms with Crippen LogP contribution >= 0.6 is 24.5 Å². The van der Waals surface area contributed by atoms with Gasteiger partial charge in [-0.15, -0.1) is 12.4 Å². The second-order valence-electron chi connectivity index (χ2n) is 5.85. The number of fused-ring (bicyclic) bond motifs is 2. The van der Waals surface area contributed by atoms with Gasteiger partial charge in [-0.3, -0.25) is 9.03 Å². The standard InChI is InChI=1S/C16H18N4O2S2.ClH/c1-11-5-6-16(15-10-18-23-20(11)15)24(21,22)19-14-4-2-3-12-9-17-8-7-13(12)14;/h2-6,10,17-19H,7-9H2,1H3;1H. The highest BCUT2D eigenvalue weighted by Crippen LogP contribution is 2.37. The van der Waals surface area contributed by atoms with E-state index < -0.39 is 10.0 Å². The molecule has 1 aromatic carbocycles. The summed E-state index contributed by atoms with van der Waals surface area (Å²) >= 11 is 1.36. The molecule has 0 bridgehead atoms. The number of anilines is 1. The maximum Gasteiger partial charge on any atom is 0.264 e. The Bertz CT molecular complexity index is 893. The maximum absolute atomic E-state index is 13.0. The van der Waals surface area contributed by atoms with E-state index in [9.17, 15) is 8.42 Å². The molecule has 25 heavy (non-hydrogen) atoms. The predicted molar refractivity (Wildman–Crippen MR) is 104 cm³/mol. The number of halogens is 1. The minimum Gasteiger partial charge on any atom is -0.316 e. The van der Waals surface area contributed by atoms with Gasteiger partial charge in [0.1, 0.15) is 4.91 Å². The van der Waals surface area contributed by atoms with Crippen LogP contribution in [0.3, 0.4) is 0 Å². The molecule has 0 fully saturated rings. The molecule has 0 amide bonds. The van der Waals surface area contributed by atoms with Crippen LogP contribution in [0.1, 0.15) is 18.1 Å². The first-order valence-corrected chi connectivity index (χ1v) is 9.98. The lowest BCUT2D eigenvalue weighted by Crippen LogP contribution is -2.27. The van der Waals surface area contributed by atoms with E-state index >= 15 is 0 Å². The van der Waals surface area contributed by atoms with Crippen LogP contribution in [-0.4, -0.2) is 19.3 Å². The highest BCUT2D eigenvalue weighted by atomic mass is 35.5. The largest absolute Gasteiger partial charge is 0.316 e. The number of nitrogens with one attached hydrogen (secondary N) is 3. The van der Waals surface area contributed by atoms with Crippen molar-refractivity contribution in [3.8, 4) is 0 Å². The molecule has 0 aromatic heterocycles. The van der Waals surface area contributed by atoms with E-state index in [1.165, 1.54) is 12.1 Å². The average Bonchev–Trinajstić information content (AvgIpc) is 3.05. The SMILES string of the molecule is CC1=CC=C(S(=O)(=O)Nc2cccc3c2CCNC3)C2=CNSN12.Cl. The molecule has 0 saturated heterocycles. The highest BCUT2D eigenvalue weighted by molar-refractivity contribution is 7.97. The molecule has 134 valence electrons. The van der Waals surface area contributed by atoms with Crippen molar-refractivity contribution >= 4 is 40.3 Å². The Morgan fingerprint density at radius 1 is 1.28 bits per heavy atom. The van der Waals surface area contributed by atoms with Crippen molar-refractivity contribution in [3.63, 3.8) is 0 Å². The van der Waals surface area contributed by atoms with Crippen LogP contribution in [0.15, 0.2) is 52.9 Å². The Hall–Kier alpha value is -1.61. The Balaban J connectivity index is 0.00000182. The van der Waals surface area contributed by atoms with Gasteiger partial charge in [-0.1, -0.05) is 12.1 Å². The molecule has 3 aliphatic rings. The fourth-order valence-electron chi connectivity index (χ4n) is 3.08. The molecule has 0 radical (unpaired) electrons. The normalized spacial score (nSPS) is 18.8. The van der Waals surface area contributed by atoms with E-state index in [0.717, 1.165) is 36.3 Å². The molecule has 4 rings (SSSR count). The van der Waals surface area contributed by atoms with Crippen LogP contribution in [-0.2, 0) is 23.0 Å². The van der Waals surface area contributed by atoms with Crippen LogP contribution in [0.4, 0.5) is 5.69 Å². The van der Waals surface area contributed by atoms with Gasteiger partial charge in [0.15, 0.2) is 0 Å². The molecule has 0 atom stereocenters. The summed E-state index contributed by atoms with van der Waals surface area (Å²) < 4.78 is 33.6. The van der Waals surface area contributed by atoms with E-state index in [1.807, 2.05) is 35.5 Å². The van der Waals surface area contributed by atoms with Crippen LogP contribution < -0.4 is 14.8 Å². The van der Waals surface area contributed by atoms with Gasteiger partial charge in [0.25, 0.3) is 10.0 Å². The Labute approximate surface area is 158 Å². The minimum atomic E-state index is -3.66. The first-order chi connectivity index (χ1) is 11.6. The number of sulfonamides is 1. The van der Waals surface area contributed by atoms with E-state index in [0.29, 0.717) is 11.4 Å². The highest BCUT2D eigenvalue weighted by Gasteiger charge is 2.32. The second-order valence-corrected chi connectivity index (χ2v) is 8.28. The van der Waals surface area contributed by atoms with Crippen molar-refractivity contribution in [2.24, 2.45) is 0 Å². The third kappa shape index (κ3) is 3.27. The molecule has 3 heterocycles. The van der Waals surface area contributed by atoms with Gasteiger partial charge >= 0.3 is 0 Å². The quantitative estimate of drug-likeness (QED) is 0.680. The van der Waals surface area contributed by atoms with E-state index in [1.54, 1.807) is 12.3 Å². The first kappa shape index (κ1) is 18.2. The van der Waals surface area contributed by atoms with E-state index in [-0.39, 0.29) is 17.3 Å². The smallest absolute Gasteiger partial charge is 0.264 e. The fraction of sp³-hybridized carbons (Fsp3) is 0.250. The average molecular weight is 399 g/mol. The van der Waals surface area contributed by atoms with Gasteiger partial charge in [0, 0.05) is 18.4 Å². The first-order valence-electron chi connectivity index (χ1n) is 7.72. The summed E-state index contributed by atoms with van der Waals surface area (Å²) in [6, 6.07) is 5.76. The molecule has 3 aliphatic heterocycles. The lowest BCUT2D eigenvalue weighted by molar-refractivity contribution is 0.603. The number of benzene rings is 1. The number of nitrogens with zero attached hydrogens (tertiary/aromatic N) is 1. The Kier molecular flexibility index (Phi) is 5.06. The van der Waals surface area contributed by atoms with Gasteiger partial charge in [-0.25, -0.2) is 8.42 Å². The summed E-state index contributed by atoms with van der Waals surface area (Å²) in [7, 11) is -3.66. The van der Waals surface area contributed by atoms with Gasteiger partial charge in [-0.2, -0.15) is 0 Å². The molecule has 0 aliphatic carbocycles. The Morgan fingerprint density at radius 3 is 2.96 bits per heavy atom. The van der Waals surface area contributed by atoms with Crippen LogP contribution in [0.25, 0.3) is 0 Å².